The zero-order chi connectivity index (χ0) is 25.9. The average molecular weight is 512 g/mol. The van der Waals surface area contributed by atoms with E-state index in [1.54, 1.807) is 7.11 Å². The number of benzene rings is 2. The van der Waals surface area contributed by atoms with Crippen molar-refractivity contribution in [1.82, 2.24) is 4.90 Å². The lowest BCUT2D eigenvalue weighted by atomic mass is 9.51. The highest BCUT2D eigenvalue weighted by Gasteiger charge is 2.61. The third-order valence-corrected chi connectivity index (χ3v) is 8.80. The topological polar surface area (TPSA) is 126 Å². The molecule has 3 atom stereocenters. The molecule has 1 saturated carbocycles. The number of likely N-dealkylation sites (tertiary alicyclic amines) is 1. The van der Waals surface area contributed by atoms with E-state index >= 15 is 0 Å². The van der Waals surface area contributed by atoms with Crippen molar-refractivity contribution in [2.24, 2.45) is 5.92 Å². The fourth-order valence-corrected chi connectivity index (χ4v) is 7.24. The van der Waals surface area contributed by atoms with E-state index in [0.717, 1.165) is 49.4 Å². The van der Waals surface area contributed by atoms with Gasteiger partial charge in [0.2, 0.25) is 5.75 Å². The van der Waals surface area contributed by atoms with E-state index in [1.165, 1.54) is 12.1 Å². The Kier molecular flexibility index (Phi) is 5.62. The molecule has 0 amide bonds. The summed E-state index contributed by atoms with van der Waals surface area (Å²) in [7, 11) is 3.72. The Labute approximate surface area is 213 Å². The van der Waals surface area contributed by atoms with Crippen LogP contribution >= 0.6 is 0 Å². The van der Waals surface area contributed by atoms with Gasteiger partial charge in [-0.15, -0.1) is 0 Å². The molecule has 2 heterocycles. The number of ether oxygens (including phenoxy) is 4. The number of hydrogen-bond donors (Lipinski definition) is 0. The third-order valence-electron chi connectivity index (χ3n) is 8.80. The fourth-order valence-electron chi connectivity index (χ4n) is 7.24. The maximum atomic E-state index is 11.9. The van der Waals surface area contributed by atoms with Crippen molar-refractivity contribution in [3.05, 3.63) is 61.7 Å². The Balaban J connectivity index is 1.53. The number of nitrogens with zero attached hydrogens (tertiary/aromatic N) is 3. The van der Waals surface area contributed by atoms with Crippen molar-refractivity contribution >= 4 is 11.4 Å². The predicted molar refractivity (Wildman–Crippen MR) is 131 cm³/mol. The lowest BCUT2D eigenvalue weighted by Gasteiger charge is -2.61. The number of nitro groups is 2. The summed E-state index contributed by atoms with van der Waals surface area (Å²) in [5, 5.41) is 23.1. The van der Waals surface area contributed by atoms with Gasteiger partial charge >= 0.3 is 5.69 Å². The number of methoxy groups -OCH3 is 1. The normalized spacial score (nSPS) is 27.8. The van der Waals surface area contributed by atoms with Crippen LogP contribution in [0.25, 0.3) is 0 Å². The van der Waals surface area contributed by atoms with Gasteiger partial charge in [-0.25, -0.2) is 0 Å². The van der Waals surface area contributed by atoms with E-state index < -0.39 is 21.3 Å². The SMILES string of the molecule is COc1ccc2c(c1Oc1ccc([N+](=O)[O-])cc1[N+](=O)[O-])C13CCN(C)C(C2)C1CCC1(C3)OCCO1. The van der Waals surface area contributed by atoms with Crippen molar-refractivity contribution in [2.45, 2.75) is 49.3 Å². The molecule has 2 aromatic rings. The Morgan fingerprint density at radius 2 is 1.81 bits per heavy atom. The Morgan fingerprint density at radius 3 is 2.51 bits per heavy atom. The molecular weight excluding hydrogens is 482 g/mol. The number of rotatable bonds is 5. The van der Waals surface area contributed by atoms with Crippen LogP contribution in [-0.2, 0) is 21.3 Å². The Bertz CT molecular complexity index is 1280. The first-order valence-electron chi connectivity index (χ1n) is 12.6. The lowest BCUT2D eigenvalue weighted by Crippen LogP contribution is -2.63. The van der Waals surface area contributed by atoms with Crippen molar-refractivity contribution in [3.8, 4) is 17.2 Å². The van der Waals surface area contributed by atoms with Gasteiger partial charge < -0.3 is 23.8 Å². The molecule has 0 N–H and O–H groups in total. The molecule has 37 heavy (non-hydrogen) atoms. The van der Waals surface area contributed by atoms with E-state index in [4.69, 9.17) is 18.9 Å². The number of likely N-dealkylation sites (N-methyl/N-ethyl adjacent to an activating group) is 1. The molecule has 196 valence electrons. The first-order chi connectivity index (χ1) is 17.8. The minimum Gasteiger partial charge on any atom is -0.493 e. The summed E-state index contributed by atoms with van der Waals surface area (Å²) in [6.45, 7) is 2.02. The number of piperidine rings is 1. The third kappa shape index (κ3) is 3.67. The van der Waals surface area contributed by atoms with Gasteiger partial charge in [0.1, 0.15) is 0 Å². The van der Waals surface area contributed by atoms with Crippen LogP contribution in [0.1, 0.15) is 36.8 Å². The molecule has 2 aromatic carbocycles. The quantitative estimate of drug-likeness (QED) is 0.425. The molecule has 11 nitrogen and oxygen atoms in total. The number of hydrogen-bond acceptors (Lipinski definition) is 9. The second-order valence-corrected chi connectivity index (χ2v) is 10.5. The van der Waals surface area contributed by atoms with Crippen LogP contribution < -0.4 is 9.47 Å². The number of fused-ring (bicyclic) bond motifs is 1. The van der Waals surface area contributed by atoms with Gasteiger partial charge in [0, 0.05) is 35.9 Å². The summed E-state index contributed by atoms with van der Waals surface area (Å²) in [5.74, 6) is 0.512. The highest BCUT2D eigenvalue weighted by molar-refractivity contribution is 5.61. The minimum atomic E-state index is -0.660. The van der Waals surface area contributed by atoms with Crippen LogP contribution in [0, 0.1) is 26.1 Å². The van der Waals surface area contributed by atoms with Crippen molar-refractivity contribution in [2.75, 3.05) is 33.9 Å². The van der Waals surface area contributed by atoms with Gasteiger partial charge in [0.25, 0.3) is 5.69 Å². The minimum absolute atomic E-state index is 0.0656. The van der Waals surface area contributed by atoms with Gasteiger partial charge in [-0.1, -0.05) is 6.07 Å². The molecule has 3 unspecified atom stereocenters. The van der Waals surface area contributed by atoms with Crippen LogP contribution in [0.15, 0.2) is 30.3 Å². The van der Waals surface area contributed by atoms with Crippen LogP contribution in [0.2, 0.25) is 0 Å². The summed E-state index contributed by atoms with van der Waals surface area (Å²) < 4.78 is 24.5. The van der Waals surface area contributed by atoms with Gasteiger partial charge in [-0.2, -0.15) is 0 Å². The summed E-state index contributed by atoms with van der Waals surface area (Å²) >= 11 is 0. The zero-order valence-corrected chi connectivity index (χ0v) is 20.8. The lowest BCUT2D eigenvalue weighted by molar-refractivity contribution is -0.394. The Hall–Kier alpha value is -3.28. The highest BCUT2D eigenvalue weighted by Crippen LogP contribution is 2.62. The zero-order valence-electron chi connectivity index (χ0n) is 20.8. The number of nitro benzene ring substituents is 2. The van der Waals surface area contributed by atoms with Crippen LogP contribution in [0.3, 0.4) is 0 Å². The maximum Gasteiger partial charge on any atom is 0.318 e. The predicted octanol–water partition coefficient (Wildman–Crippen LogP) is 4.35. The molecular formula is C26H29N3O8. The second kappa shape index (κ2) is 8.64. The molecule has 11 heteroatoms. The molecule has 2 aliphatic heterocycles. The standard InChI is InChI=1S/C26H29N3O8/c1-27-10-9-25-15-26(35-11-12-36-26)8-7-18(25)19(27)13-16-3-5-22(34-2)24(23(16)25)37-21-6-4-17(28(30)31)14-20(21)29(32)33/h3-6,14,18-19H,7-13,15H2,1-2H3. The molecule has 4 aliphatic rings. The van der Waals surface area contributed by atoms with Crippen LogP contribution in [0.4, 0.5) is 11.4 Å². The second-order valence-electron chi connectivity index (χ2n) is 10.5. The van der Waals surface area contributed by atoms with E-state index in [0.29, 0.717) is 43.1 Å². The first kappa shape index (κ1) is 24.1. The molecule has 1 spiro atoms. The average Bonchev–Trinajstić information content (AvgIpc) is 3.33. The largest absolute Gasteiger partial charge is 0.493 e. The molecule has 2 saturated heterocycles. The van der Waals surface area contributed by atoms with Gasteiger partial charge in [0.15, 0.2) is 17.3 Å². The van der Waals surface area contributed by atoms with Crippen molar-refractivity contribution < 1.29 is 28.8 Å². The molecule has 0 aromatic heterocycles. The van der Waals surface area contributed by atoms with E-state index in [-0.39, 0.29) is 16.9 Å². The van der Waals surface area contributed by atoms with Crippen LogP contribution in [-0.4, -0.2) is 60.5 Å². The maximum absolute atomic E-state index is 11.9. The number of non-ortho nitro benzene ring substituents is 1. The van der Waals surface area contributed by atoms with Crippen LogP contribution in [0.5, 0.6) is 17.2 Å². The van der Waals surface area contributed by atoms with Crippen molar-refractivity contribution in [3.63, 3.8) is 0 Å². The molecule has 3 fully saturated rings. The fraction of sp³-hybridized carbons (Fsp3) is 0.538. The smallest absolute Gasteiger partial charge is 0.318 e. The van der Waals surface area contributed by atoms with E-state index in [9.17, 15) is 20.2 Å². The molecule has 2 bridgehead atoms. The molecule has 6 rings (SSSR count). The van der Waals surface area contributed by atoms with Gasteiger partial charge in [-0.3, -0.25) is 20.2 Å². The van der Waals surface area contributed by atoms with E-state index in [1.807, 2.05) is 6.07 Å². The summed E-state index contributed by atoms with van der Waals surface area (Å²) in [4.78, 5) is 24.2. The first-order valence-corrected chi connectivity index (χ1v) is 12.6. The Morgan fingerprint density at radius 1 is 1.05 bits per heavy atom. The monoisotopic (exact) mass is 511 g/mol. The van der Waals surface area contributed by atoms with Crippen molar-refractivity contribution in [1.29, 1.82) is 0 Å². The summed E-state index contributed by atoms with van der Waals surface area (Å²) in [6, 6.07) is 7.68. The summed E-state index contributed by atoms with van der Waals surface area (Å²) in [5.41, 5.74) is 0.938. The van der Waals surface area contributed by atoms with Gasteiger partial charge in [0.05, 0.1) is 36.2 Å². The van der Waals surface area contributed by atoms with E-state index in [2.05, 4.69) is 18.0 Å². The molecule has 0 radical (unpaired) electrons. The summed E-state index contributed by atoms with van der Waals surface area (Å²) in [6.07, 6.45) is 4.12. The molecule has 2 aliphatic carbocycles. The highest BCUT2D eigenvalue weighted by atomic mass is 16.7. The van der Waals surface area contributed by atoms with Gasteiger partial charge in [-0.05, 0) is 56.5 Å².